The van der Waals surface area contributed by atoms with Crippen LogP contribution in [0.5, 0.6) is 5.75 Å². The highest BCUT2D eigenvalue weighted by molar-refractivity contribution is 9.10. The van der Waals surface area contributed by atoms with E-state index in [1.165, 1.54) is 4.90 Å². The summed E-state index contributed by atoms with van der Waals surface area (Å²) >= 11 is 9.64. The normalized spacial score (nSPS) is 11.6. The Kier molecular flexibility index (Phi) is 9.48. The maximum Gasteiger partial charge on any atom is 0.261 e. The maximum absolute atomic E-state index is 12.9. The van der Waals surface area contributed by atoms with Crippen molar-refractivity contribution >= 4 is 39.3 Å². The first kappa shape index (κ1) is 23.2. The van der Waals surface area contributed by atoms with E-state index in [0.29, 0.717) is 17.3 Å². The molecule has 2 rings (SSSR count). The SMILES string of the molecule is CCCCNC(=O)C(C)N(Cc1ccccc1Cl)C(=O)COc1ccc(Br)cc1. The number of nitrogens with zero attached hydrogens (tertiary/aromatic N) is 1. The molecule has 0 spiro atoms. The lowest BCUT2D eigenvalue weighted by molar-refractivity contribution is -0.142. The zero-order valence-electron chi connectivity index (χ0n) is 16.7. The molecule has 0 bridgehead atoms. The van der Waals surface area contributed by atoms with Crippen LogP contribution in [0.3, 0.4) is 0 Å². The third-order valence-corrected chi connectivity index (χ3v) is 5.37. The summed E-state index contributed by atoms with van der Waals surface area (Å²) in [5.41, 5.74) is 0.777. The number of hydrogen-bond acceptors (Lipinski definition) is 3. The van der Waals surface area contributed by atoms with Crippen LogP contribution in [-0.2, 0) is 16.1 Å². The van der Waals surface area contributed by atoms with E-state index in [4.69, 9.17) is 16.3 Å². The first-order valence-corrected chi connectivity index (χ1v) is 10.8. The Bertz CT molecular complexity index is 814. The van der Waals surface area contributed by atoms with E-state index in [2.05, 4.69) is 28.2 Å². The van der Waals surface area contributed by atoms with Gasteiger partial charge in [0.15, 0.2) is 6.61 Å². The molecular formula is C22H26BrClN2O3. The van der Waals surface area contributed by atoms with Crippen LogP contribution in [0.1, 0.15) is 32.3 Å². The van der Waals surface area contributed by atoms with Crippen molar-refractivity contribution in [2.75, 3.05) is 13.2 Å². The number of unbranched alkanes of at least 4 members (excludes halogenated alkanes) is 1. The van der Waals surface area contributed by atoms with Crippen LogP contribution in [0.25, 0.3) is 0 Å². The van der Waals surface area contributed by atoms with Gasteiger partial charge in [-0.1, -0.05) is 59.1 Å². The topological polar surface area (TPSA) is 58.6 Å². The molecule has 0 aliphatic heterocycles. The van der Waals surface area contributed by atoms with Crippen molar-refractivity contribution in [3.05, 3.63) is 63.6 Å². The third-order valence-electron chi connectivity index (χ3n) is 4.47. The second-order valence-corrected chi connectivity index (χ2v) is 8.00. The number of hydrogen-bond donors (Lipinski definition) is 1. The van der Waals surface area contributed by atoms with E-state index >= 15 is 0 Å². The summed E-state index contributed by atoms with van der Waals surface area (Å²) in [4.78, 5) is 27.0. The fourth-order valence-corrected chi connectivity index (χ4v) is 3.15. The molecule has 1 N–H and O–H groups in total. The Labute approximate surface area is 185 Å². The van der Waals surface area contributed by atoms with Gasteiger partial charge in [0.25, 0.3) is 5.91 Å². The highest BCUT2D eigenvalue weighted by Crippen LogP contribution is 2.20. The molecule has 0 aromatic heterocycles. The van der Waals surface area contributed by atoms with Crippen LogP contribution in [0.4, 0.5) is 0 Å². The Hall–Kier alpha value is -2.05. The van der Waals surface area contributed by atoms with Gasteiger partial charge in [0, 0.05) is 22.6 Å². The summed E-state index contributed by atoms with van der Waals surface area (Å²) in [5, 5.41) is 3.44. The first-order chi connectivity index (χ1) is 13.9. The Morgan fingerprint density at radius 3 is 2.52 bits per heavy atom. The second-order valence-electron chi connectivity index (χ2n) is 6.68. The molecule has 0 radical (unpaired) electrons. The Morgan fingerprint density at radius 1 is 1.17 bits per heavy atom. The summed E-state index contributed by atoms with van der Waals surface area (Å²) in [6.45, 7) is 4.42. The van der Waals surface area contributed by atoms with Crippen molar-refractivity contribution in [3.8, 4) is 5.75 Å². The number of amides is 2. The number of halogens is 2. The van der Waals surface area contributed by atoms with Crippen LogP contribution in [-0.4, -0.2) is 35.9 Å². The van der Waals surface area contributed by atoms with Crippen LogP contribution >= 0.6 is 27.5 Å². The summed E-state index contributed by atoms with van der Waals surface area (Å²) in [6.07, 6.45) is 1.88. The maximum atomic E-state index is 12.9. The molecule has 2 aromatic rings. The molecule has 0 saturated carbocycles. The standard InChI is InChI=1S/C22H26BrClN2O3/c1-3-4-13-25-22(28)16(2)26(14-17-7-5-6-8-20(17)24)21(27)15-29-19-11-9-18(23)10-12-19/h5-12,16H,3-4,13-15H2,1-2H3,(H,25,28). The van der Waals surface area contributed by atoms with Gasteiger partial charge in [0.2, 0.25) is 5.91 Å². The predicted octanol–water partition coefficient (Wildman–Crippen LogP) is 4.81. The molecule has 2 amide bonds. The second kappa shape index (κ2) is 11.8. The molecule has 7 heteroatoms. The molecule has 0 saturated heterocycles. The number of carbonyl (C=O) groups is 2. The van der Waals surface area contributed by atoms with E-state index in [0.717, 1.165) is 22.9 Å². The van der Waals surface area contributed by atoms with Gasteiger partial charge in [-0.3, -0.25) is 9.59 Å². The molecule has 0 aliphatic carbocycles. The summed E-state index contributed by atoms with van der Waals surface area (Å²) in [5.74, 6) is 0.104. The molecule has 1 atom stereocenters. The molecule has 0 fully saturated rings. The number of nitrogens with one attached hydrogen (secondary N) is 1. The summed E-state index contributed by atoms with van der Waals surface area (Å²) < 4.78 is 6.55. The van der Waals surface area contributed by atoms with E-state index in [9.17, 15) is 9.59 Å². The van der Waals surface area contributed by atoms with Crippen molar-refractivity contribution in [2.45, 2.75) is 39.3 Å². The van der Waals surface area contributed by atoms with Crippen molar-refractivity contribution in [2.24, 2.45) is 0 Å². The lowest BCUT2D eigenvalue weighted by Gasteiger charge is -2.29. The number of rotatable bonds is 10. The molecule has 5 nitrogen and oxygen atoms in total. The number of benzene rings is 2. The third kappa shape index (κ3) is 7.37. The minimum absolute atomic E-state index is 0.168. The van der Waals surface area contributed by atoms with E-state index in [1.54, 1.807) is 25.1 Å². The van der Waals surface area contributed by atoms with Gasteiger partial charge in [-0.15, -0.1) is 0 Å². The smallest absolute Gasteiger partial charge is 0.261 e. The molecular weight excluding hydrogens is 456 g/mol. The minimum atomic E-state index is -0.649. The number of ether oxygens (including phenoxy) is 1. The lowest BCUT2D eigenvalue weighted by Crippen LogP contribution is -2.49. The average molecular weight is 482 g/mol. The first-order valence-electron chi connectivity index (χ1n) is 9.61. The van der Waals surface area contributed by atoms with Gasteiger partial charge in [-0.25, -0.2) is 0 Å². The predicted molar refractivity (Wildman–Crippen MR) is 119 cm³/mol. The van der Waals surface area contributed by atoms with Crippen LogP contribution in [0.15, 0.2) is 53.0 Å². The van der Waals surface area contributed by atoms with E-state index in [1.807, 2.05) is 30.3 Å². The zero-order chi connectivity index (χ0) is 21.2. The highest BCUT2D eigenvalue weighted by Gasteiger charge is 2.26. The Balaban J connectivity index is 2.11. The highest BCUT2D eigenvalue weighted by atomic mass is 79.9. The molecule has 156 valence electrons. The van der Waals surface area contributed by atoms with Gasteiger partial charge in [0.05, 0.1) is 0 Å². The fraction of sp³-hybridized carbons (Fsp3) is 0.364. The fourth-order valence-electron chi connectivity index (χ4n) is 2.69. The van der Waals surface area contributed by atoms with E-state index in [-0.39, 0.29) is 25.0 Å². The molecule has 0 heterocycles. The van der Waals surface area contributed by atoms with Gasteiger partial charge in [0.1, 0.15) is 11.8 Å². The van der Waals surface area contributed by atoms with Crippen molar-refractivity contribution in [1.82, 2.24) is 10.2 Å². The van der Waals surface area contributed by atoms with Gasteiger partial charge < -0.3 is 15.0 Å². The molecule has 0 aliphatic rings. The van der Waals surface area contributed by atoms with Gasteiger partial charge in [-0.05, 0) is 49.2 Å². The van der Waals surface area contributed by atoms with Crippen LogP contribution in [0.2, 0.25) is 5.02 Å². The number of carbonyl (C=O) groups excluding carboxylic acids is 2. The van der Waals surface area contributed by atoms with Crippen molar-refractivity contribution < 1.29 is 14.3 Å². The summed E-state index contributed by atoms with van der Waals surface area (Å²) in [7, 11) is 0. The average Bonchev–Trinajstić information content (AvgIpc) is 2.72. The van der Waals surface area contributed by atoms with Crippen molar-refractivity contribution in [3.63, 3.8) is 0 Å². The van der Waals surface area contributed by atoms with Gasteiger partial charge >= 0.3 is 0 Å². The van der Waals surface area contributed by atoms with Crippen LogP contribution in [0, 0.1) is 0 Å². The monoisotopic (exact) mass is 480 g/mol. The molecule has 2 aromatic carbocycles. The van der Waals surface area contributed by atoms with Crippen LogP contribution < -0.4 is 10.1 Å². The molecule has 29 heavy (non-hydrogen) atoms. The van der Waals surface area contributed by atoms with Crippen molar-refractivity contribution in [1.29, 1.82) is 0 Å². The lowest BCUT2D eigenvalue weighted by atomic mass is 10.1. The minimum Gasteiger partial charge on any atom is -0.484 e. The summed E-state index contributed by atoms with van der Waals surface area (Å²) in [6, 6.07) is 13.9. The quantitative estimate of drug-likeness (QED) is 0.495. The van der Waals surface area contributed by atoms with Gasteiger partial charge in [-0.2, -0.15) is 0 Å². The van der Waals surface area contributed by atoms with E-state index < -0.39 is 6.04 Å². The molecule has 1 unspecified atom stereocenters. The largest absolute Gasteiger partial charge is 0.484 e. The zero-order valence-corrected chi connectivity index (χ0v) is 19.0. The Morgan fingerprint density at radius 2 is 1.86 bits per heavy atom.